The summed E-state index contributed by atoms with van der Waals surface area (Å²) in [5.74, 6) is 2.32. The monoisotopic (exact) mass is 237 g/mol. The zero-order chi connectivity index (χ0) is 12.3. The maximum Gasteiger partial charge on any atom is 0.160 e. The standard InChI is InChI=1S/C13H23N3O/c1-4-14-8-10-6-7-11(10)13-12(17-3)9-15-16(13)5-2/h9-11,14H,4-8H2,1-3H3. The molecule has 1 heterocycles. The molecule has 4 nitrogen and oxygen atoms in total. The van der Waals surface area contributed by atoms with Crippen molar-refractivity contribution in [1.82, 2.24) is 15.1 Å². The van der Waals surface area contributed by atoms with Gasteiger partial charge in [0.2, 0.25) is 0 Å². The molecule has 1 fully saturated rings. The van der Waals surface area contributed by atoms with Crippen LogP contribution in [-0.2, 0) is 6.54 Å². The van der Waals surface area contributed by atoms with E-state index in [2.05, 4.69) is 28.9 Å². The van der Waals surface area contributed by atoms with Crippen LogP contribution in [0.5, 0.6) is 5.75 Å². The summed E-state index contributed by atoms with van der Waals surface area (Å²) in [7, 11) is 1.73. The van der Waals surface area contributed by atoms with E-state index in [0.29, 0.717) is 5.92 Å². The van der Waals surface area contributed by atoms with Gasteiger partial charge < -0.3 is 10.1 Å². The molecule has 1 saturated carbocycles. The minimum absolute atomic E-state index is 0.617. The van der Waals surface area contributed by atoms with Gasteiger partial charge in [0.1, 0.15) is 0 Å². The van der Waals surface area contributed by atoms with Crippen molar-refractivity contribution in [3.63, 3.8) is 0 Å². The summed E-state index contributed by atoms with van der Waals surface area (Å²) in [5.41, 5.74) is 1.30. The second-order valence-corrected chi connectivity index (χ2v) is 4.67. The van der Waals surface area contributed by atoms with Gasteiger partial charge in [0.15, 0.2) is 5.75 Å². The first-order valence-corrected chi connectivity index (χ1v) is 6.62. The summed E-state index contributed by atoms with van der Waals surface area (Å²) in [5, 5.41) is 7.84. The van der Waals surface area contributed by atoms with Crippen molar-refractivity contribution in [3.8, 4) is 5.75 Å². The Labute approximate surface area is 103 Å². The molecule has 0 radical (unpaired) electrons. The Morgan fingerprint density at radius 2 is 2.29 bits per heavy atom. The molecule has 1 aliphatic rings. The molecule has 0 aliphatic heterocycles. The zero-order valence-electron chi connectivity index (χ0n) is 11.1. The van der Waals surface area contributed by atoms with Crippen LogP contribution in [0.4, 0.5) is 0 Å². The minimum Gasteiger partial charge on any atom is -0.493 e. The number of hydrogen-bond acceptors (Lipinski definition) is 3. The lowest BCUT2D eigenvalue weighted by Gasteiger charge is -2.37. The molecule has 1 aromatic rings. The van der Waals surface area contributed by atoms with Crippen molar-refractivity contribution in [3.05, 3.63) is 11.9 Å². The normalized spacial score (nSPS) is 23.5. The Kier molecular flexibility index (Phi) is 4.05. The third-order valence-electron chi connectivity index (χ3n) is 3.79. The molecule has 0 amide bonds. The fourth-order valence-electron chi connectivity index (χ4n) is 2.66. The molecular weight excluding hydrogens is 214 g/mol. The summed E-state index contributed by atoms with van der Waals surface area (Å²) < 4.78 is 7.52. The van der Waals surface area contributed by atoms with E-state index in [-0.39, 0.29) is 0 Å². The number of aromatic nitrogens is 2. The Hall–Kier alpha value is -1.03. The number of ether oxygens (including phenoxy) is 1. The molecule has 0 aromatic carbocycles. The van der Waals surface area contributed by atoms with E-state index in [1.165, 1.54) is 18.5 Å². The number of aryl methyl sites for hydroxylation is 1. The predicted molar refractivity (Wildman–Crippen MR) is 68.5 cm³/mol. The first-order chi connectivity index (χ1) is 8.31. The maximum atomic E-state index is 5.43. The molecule has 0 spiro atoms. The molecule has 0 saturated heterocycles. The summed E-state index contributed by atoms with van der Waals surface area (Å²) in [4.78, 5) is 0. The van der Waals surface area contributed by atoms with Gasteiger partial charge in [-0.25, -0.2) is 0 Å². The van der Waals surface area contributed by atoms with Crippen molar-refractivity contribution >= 4 is 0 Å². The number of nitrogens with zero attached hydrogens (tertiary/aromatic N) is 2. The molecule has 4 heteroatoms. The van der Waals surface area contributed by atoms with E-state index in [0.717, 1.165) is 31.3 Å². The van der Waals surface area contributed by atoms with Gasteiger partial charge in [-0.1, -0.05) is 6.92 Å². The molecule has 1 aliphatic carbocycles. The zero-order valence-corrected chi connectivity index (χ0v) is 11.1. The number of methoxy groups -OCH3 is 1. The molecular formula is C13H23N3O. The number of hydrogen-bond donors (Lipinski definition) is 1. The predicted octanol–water partition coefficient (Wildman–Crippen LogP) is 2.01. The second-order valence-electron chi connectivity index (χ2n) is 4.67. The minimum atomic E-state index is 0.617. The maximum absolute atomic E-state index is 5.43. The van der Waals surface area contributed by atoms with Crippen molar-refractivity contribution in [2.24, 2.45) is 5.92 Å². The Bertz CT molecular complexity index is 340. The molecule has 1 N–H and O–H groups in total. The van der Waals surface area contributed by atoms with Crippen LogP contribution in [0.3, 0.4) is 0 Å². The lowest BCUT2D eigenvalue weighted by Crippen LogP contribution is -2.35. The molecule has 2 atom stereocenters. The third kappa shape index (κ3) is 2.32. The van der Waals surface area contributed by atoms with Gasteiger partial charge in [-0.05, 0) is 38.8 Å². The summed E-state index contributed by atoms with van der Waals surface area (Å²) in [6, 6.07) is 0. The van der Waals surface area contributed by atoms with Crippen LogP contribution in [-0.4, -0.2) is 30.0 Å². The van der Waals surface area contributed by atoms with Crippen molar-refractivity contribution < 1.29 is 4.74 Å². The highest BCUT2D eigenvalue weighted by Crippen LogP contribution is 2.45. The topological polar surface area (TPSA) is 39.1 Å². The smallest absolute Gasteiger partial charge is 0.160 e. The lowest BCUT2D eigenvalue weighted by atomic mass is 9.71. The molecule has 2 unspecified atom stereocenters. The largest absolute Gasteiger partial charge is 0.493 e. The summed E-state index contributed by atoms with van der Waals surface area (Å²) in [6.07, 6.45) is 4.43. The van der Waals surface area contributed by atoms with Crippen LogP contribution in [0.2, 0.25) is 0 Å². The van der Waals surface area contributed by atoms with E-state index in [4.69, 9.17) is 4.74 Å². The van der Waals surface area contributed by atoms with Gasteiger partial charge >= 0.3 is 0 Å². The summed E-state index contributed by atoms with van der Waals surface area (Å²) >= 11 is 0. The number of rotatable bonds is 6. The van der Waals surface area contributed by atoms with Crippen LogP contribution in [0, 0.1) is 5.92 Å². The summed E-state index contributed by atoms with van der Waals surface area (Å²) in [6.45, 7) is 7.37. The Morgan fingerprint density at radius 3 is 2.82 bits per heavy atom. The van der Waals surface area contributed by atoms with E-state index in [1.54, 1.807) is 7.11 Å². The average molecular weight is 237 g/mol. The molecule has 17 heavy (non-hydrogen) atoms. The van der Waals surface area contributed by atoms with Crippen LogP contribution < -0.4 is 10.1 Å². The second kappa shape index (κ2) is 5.54. The van der Waals surface area contributed by atoms with Gasteiger partial charge in [0.25, 0.3) is 0 Å². The van der Waals surface area contributed by atoms with Crippen molar-refractivity contribution in [2.75, 3.05) is 20.2 Å². The van der Waals surface area contributed by atoms with Crippen LogP contribution in [0.15, 0.2) is 6.20 Å². The van der Waals surface area contributed by atoms with E-state index < -0.39 is 0 Å². The first kappa shape index (κ1) is 12.4. The molecule has 2 rings (SSSR count). The highest BCUT2D eigenvalue weighted by atomic mass is 16.5. The van der Waals surface area contributed by atoms with E-state index in [1.807, 2.05) is 6.20 Å². The van der Waals surface area contributed by atoms with E-state index >= 15 is 0 Å². The van der Waals surface area contributed by atoms with Crippen LogP contribution in [0.1, 0.15) is 38.3 Å². The van der Waals surface area contributed by atoms with Crippen LogP contribution in [0.25, 0.3) is 0 Å². The molecule has 1 aromatic heterocycles. The highest BCUT2D eigenvalue weighted by molar-refractivity contribution is 5.31. The molecule has 0 bridgehead atoms. The number of nitrogens with one attached hydrogen (secondary N) is 1. The van der Waals surface area contributed by atoms with Gasteiger partial charge in [-0.2, -0.15) is 5.10 Å². The highest BCUT2D eigenvalue weighted by Gasteiger charge is 2.36. The van der Waals surface area contributed by atoms with Gasteiger partial charge in [0, 0.05) is 12.5 Å². The van der Waals surface area contributed by atoms with Crippen molar-refractivity contribution in [1.29, 1.82) is 0 Å². The van der Waals surface area contributed by atoms with Gasteiger partial charge in [-0.3, -0.25) is 4.68 Å². The van der Waals surface area contributed by atoms with Crippen LogP contribution >= 0.6 is 0 Å². The Balaban J connectivity index is 2.12. The van der Waals surface area contributed by atoms with E-state index in [9.17, 15) is 0 Å². The van der Waals surface area contributed by atoms with Gasteiger partial charge in [0.05, 0.1) is 19.0 Å². The fourth-order valence-corrected chi connectivity index (χ4v) is 2.66. The first-order valence-electron chi connectivity index (χ1n) is 6.62. The molecule has 96 valence electrons. The fraction of sp³-hybridized carbons (Fsp3) is 0.769. The third-order valence-corrected chi connectivity index (χ3v) is 3.79. The van der Waals surface area contributed by atoms with Crippen molar-refractivity contribution in [2.45, 2.75) is 39.2 Å². The SMILES string of the molecule is CCNCC1CCC1c1c(OC)cnn1CC. The quantitative estimate of drug-likeness (QED) is 0.822. The Morgan fingerprint density at radius 1 is 1.47 bits per heavy atom. The van der Waals surface area contributed by atoms with Gasteiger partial charge in [-0.15, -0.1) is 0 Å². The lowest BCUT2D eigenvalue weighted by molar-refractivity contribution is 0.229. The average Bonchev–Trinajstić information content (AvgIpc) is 2.71.